The highest BCUT2D eigenvalue weighted by molar-refractivity contribution is 6.28. The highest BCUT2D eigenvalue weighted by atomic mass is 35.5. The van der Waals surface area contributed by atoms with Crippen LogP contribution in [-0.2, 0) is 0 Å². The average molecular weight is 195 g/mol. The molecule has 0 saturated carbocycles. The number of imidazole rings is 1. The van der Waals surface area contributed by atoms with Crippen molar-refractivity contribution in [3.8, 4) is 17.0 Å². The lowest BCUT2D eigenvalue weighted by Gasteiger charge is -1.96. The van der Waals surface area contributed by atoms with Crippen molar-refractivity contribution >= 4 is 11.6 Å². The minimum Gasteiger partial charge on any atom is -0.508 e. The van der Waals surface area contributed by atoms with Gasteiger partial charge in [0.05, 0.1) is 11.9 Å². The predicted octanol–water partition coefficient (Wildman–Crippen LogP) is 2.44. The quantitative estimate of drug-likeness (QED) is 0.733. The number of benzene rings is 1. The van der Waals surface area contributed by atoms with Gasteiger partial charge >= 0.3 is 0 Å². The Morgan fingerprint density at radius 3 is 2.85 bits per heavy atom. The zero-order valence-electron chi connectivity index (χ0n) is 6.66. The third-order valence-corrected chi connectivity index (χ3v) is 1.89. The van der Waals surface area contributed by atoms with E-state index in [0.29, 0.717) is 5.28 Å². The van der Waals surface area contributed by atoms with Crippen LogP contribution in [0.25, 0.3) is 11.3 Å². The van der Waals surface area contributed by atoms with Gasteiger partial charge in [-0.1, -0.05) is 12.1 Å². The Hall–Kier alpha value is -1.48. The fraction of sp³-hybridized carbons (Fsp3) is 0. The topological polar surface area (TPSA) is 48.9 Å². The third kappa shape index (κ3) is 1.65. The predicted molar refractivity (Wildman–Crippen MR) is 50.7 cm³/mol. The Bertz CT molecular complexity index is 425. The Morgan fingerprint density at radius 2 is 2.23 bits per heavy atom. The van der Waals surface area contributed by atoms with E-state index in [1.807, 2.05) is 6.07 Å². The molecule has 0 aliphatic carbocycles. The Balaban J connectivity index is 2.46. The molecule has 1 heterocycles. The first kappa shape index (κ1) is 8.13. The summed E-state index contributed by atoms with van der Waals surface area (Å²) in [6.07, 6.45) is 1.62. The summed E-state index contributed by atoms with van der Waals surface area (Å²) in [6.45, 7) is 0. The van der Waals surface area contributed by atoms with E-state index in [-0.39, 0.29) is 5.75 Å². The number of H-pyrrole nitrogens is 1. The first-order valence-electron chi connectivity index (χ1n) is 3.75. The lowest BCUT2D eigenvalue weighted by atomic mass is 10.2. The number of rotatable bonds is 1. The van der Waals surface area contributed by atoms with E-state index in [2.05, 4.69) is 9.97 Å². The zero-order chi connectivity index (χ0) is 9.26. The summed E-state index contributed by atoms with van der Waals surface area (Å²) in [5, 5.41) is 9.56. The summed E-state index contributed by atoms with van der Waals surface area (Å²) >= 11 is 5.62. The number of nitrogens with one attached hydrogen (secondary N) is 1. The summed E-state index contributed by atoms with van der Waals surface area (Å²) in [5.41, 5.74) is 1.65. The Morgan fingerprint density at radius 1 is 1.38 bits per heavy atom. The molecule has 0 spiro atoms. The number of aromatic nitrogens is 2. The summed E-state index contributed by atoms with van der Waals surface area (Å²) in [5.74, 6) is 0.225. The van der Waals surface area contributed by atoms with E-state index in [1.54, 1.807) is 24.4 Å². The maximum absolute atomic E-state index is 9.21. The zero-order valence-corrected chi connectivity index (χ0v) is 7.42. The highest BCUT2D eigenvalue weighted by Crippen LogP contribution is 2.22. The van der Waals surface area contributed by atoms with Gasteiger partial charge in [-0.25, -0.2) is 4.98 Å². The molecule has 0 fully saturated rings. The molecule has 13 heavy (non-hydrogen) atoms. The van der Waals surface area contributed by atoms with Gasteiger partial charge < -0.3 is 10.1 Å². The number of hydrogen-bond donors (Lipinski definition) is 2. The number of phenolic OH excluding ortho intramolecular Hbond substituents is 1. The van der Waals surface area contributed by atoms with Gasteiger partial charge in [-0.05, 0) is 23.7 Å². The van der Waals surface area contributed by atoms with Crippen LogP contribution in [0.5, 0.6) is 5.75 Å². The molecule has 3 nitrogen and oxygen atoms in total. The molecule has 0 aliphatic rings. The maximum atomic E-state index is 9.21. The first-order chi connectivity index (χ1) is 6.25. The molecule has 2 rings (SSSR count). The lowest BCUT2D eigenvalue weighted by Crippen LogP contribution is -1.75. The Labute approximate surface area is 80.0 Å². The van der Waals surface area contributed by atoms with Crippen molar-refractivity contribution in [3.05, 3.63) is 35.7 Å². The van der Waals surface area contributed by atoms with Gasteiger partial charge in [0.1, 0.15) is 5.75 Å². The van der Waals surface area contributed by atoms with Gasteiger partial charge in [0.15, 0.2) is 5.28 Å². The molecular formula is C9H7ClN2O. The van der Waals surface area contributed by atoms with Crippen molar-refractivity contribution in [1.82, 2.24) is 9.97 Å². The molecule has 66 valence electrons. The monoisotopic (exact) mass is 194 g/mol. The SMILES string of the molecule is Oc1cccc(-c2cnc(Cl)[nH]2)c1. The van der Waals surface area contributed by atoms with Crippen LogP contribution >= 0.6 is 11.6 Å². The van der Waals surface area contributed by atoms with Gasteiger partial charge in [-0.15, -0.1) is 0 Å². The van der Waals surface area contributed by atoms with E-state index in [1.165, 1.54) is 0 Å². The van der Waals surface area contributed by atoms with Crippen LogP contribution in [0.2, 0.25) is 5.28 Å². The van der Waals surface area contributed by atoms with Crippen molar-refractivity contribution in [1.29, 1.82) is 0 Å². The molecule has 0 amide bonds. The standard InChI is InChI=1S/C9H7ClN2O/c10-9-11-5-8(12-9)6-2-1-3-7(13)4-6/h1-5,13H,(H,11,12). The molecule has 1 aromatic heterocycles. The molecule has 0 aliphatic heterocycles. The van der Waals surface area contributed by atoms with Gasteiger partial charge in [0, 0.05) is 5.56 Å². The molecular weight excluding hydrogens is 188 g/mol. The highest BCUT2D eigenvalue weighted by Gasteiger charge is 2.01. The smallest absolute Gasteiger partial charge is 0.200 e. The summed E-state index contributed by atoms with van der Waals surface area (Å²) in [7, 11) is 0. The molecule has 0 radical (unpaired) electrons. The fourth-order valence-corrected chi connectivity index (χ4v) is 1.27. The molecule has 4 heteroatoms. The van der Waals surface area contributed by atoms with E-state index < -0.39 is 0 Å². The second-order valence-corrected chi connectivity index (χ2v) is 3.00. The van der Waals surface area contributed by atoms with Crippen molar-refractivity contribution < 1.29 is 5.11 Å². The first-order valence-corrected chi connectivity index (χ1v) is 4.13. The normalized spacial score (nSPS) is 10.2. The molecule has 0 atom stereocenters. The number of nitrogens with zero attached hydrogens (tertiary/aromatic N) is 1. The van der Waals surface area contributed by atoms with E-state index in [4.69, 9.17) is 11.6 Å². The molecule has 0 unspecified atom stereocenters. The number of phenols is 1. The minimum atomic E-state index is 0.225. The van der Waals surface area contributed by atoms with E-state index >= 15 is 0 Å². The van der Waals surface area contributed by atoms with Crippen LogP contribution in [0, 0.1) is 0 Å². The van der Waals surface area contributed by atoms with Crippen LogP contribution in [0.3, 0.4) is 0 Å². The summed E-state index contributed by atoms with van der Waals surface area (Å²) in [6, 6.07) is 6.88. The average Bonchev–Trinajstić information content (AvgIpc) is 2.52. The van der Waals surface area contributed by atoms with Gasteiger partial charge in [-0.2, -0.15) is 0 Å². The number of hydrogen-bond acceptors (Lipinski definition) is 2. The molecule has 2 aromatic rings. The van der Waals surface area contributed by atoms with Crippen molar-refractivity contribution in [2.45, 2.75) is 0 Å². The van der Waals surface area contributed by atoms with Gasteiger partial charge in [0.2, 0.25) is 0 Å². The number of halogens is 1. The van der Waals surface area contributed by atoms with Crippen molar-refractivity contribution in [2.75, 3.05) is 0 Å². The van der Waals surface area contributed by atoms with Gasteiger partial charge in [-0.3, -0.25) is 0 Å². The van der Waals surface area contributed by atoms with Crippen LogP contribution < -0.4 is 0 Å². The maximum Gasteiger partial charge on any atom is 0.200 e. The van der Waals surface area contributed by atoms with Crippen molar-refractivity contribution in [2.24, 2.45) is 0 Å². The molecule has 2 N–H and O–H groups in total. The molecule has 1 aromatic carbocycles. The summed E-state index contributed by atoms with van der Waals surface area (Å²) in [4.78, 5) is 6.71. The van der Waals surface area contributed by atoms with Crippen LogP contribution in [0.15, 0.2) is 30.5 Å². The lowest BCUT2D eigenvalue weighted by molar-refractivity contribution is 0.475. The van der Waals surface area contributed by atoms with Crippen molar-refractivity contribution in [3.63, 3.8) is 0 Å². The van der Waals surface area contributed by atoms with Crippen LogP contribution in [0.4, 0.5) is 0 Å². The van der Waals surface area contributed by atoms with Crippen LogP contribution in [-0.4, -0.2) is 15.1 Å². The minimum absolute atomic E-state index is 0.225. The van der Waals surface area contributed by atoms with Gasteiger partial charge in [0.25, 0.3) is 0 Å². The molecule has 0 bridgehead atoms. The number of aromatic amines is 1. The Kier molecular flexibility index (Phi) is 1.94. The number of aromatic hydroxyl groups is 1. The summed E-state index contributed by atoms with van der Waals surface area (Å²) < 4.78 is 0. The second-order valence-electron chi connectivity index (χ2n) is 2.64. The largest absolute Gasteiger partial charge is 0.508 e. The van der Waals surface area contributed by atoms with Crippen LogP contribution in [0.1, 0.15) is 0 Å². The van der Waals surface area contributed by atoms with E-state index in [9.17, 15) is 5.11 Å². The fourth-order valence-electron chi connectivity index (χ4n) is 1.12. The molecule has 0 saturated heterocycles. The van der Waals surface area contributed by atoms with E-state index in [0.717, 1.165) is 11.3 Å². The second kappa shape index (κ2) is 3.11. The third-order valence-electron chi connectivity index (χ3n) is 1.70.